The maximum Gasteiger partial charge on any atom is 0.200 e. The van der Waals surface area contributed by atoms with E-state index in [1.54, 1.807) is 18.2 Å². The van der Waals surface area contributed by atoms with Crippen LogP contribution in [0.3, 0.4) is 0 Å². The summed E-state index contributed by atoms with van der Waals surface area (Å²) in [7, 11) is 1.44. The number of phenolic OH excluding ortho intramolecular Hbond substituents is 1. The van der Waals surface area contributed by atoms with E-state index in [9.17, 15) is 9.90 Å². The summed E-state index contributed by atoms with van der Waals surface area (Å²) in [5.41, 5.74) is 0.693. The van der Waals surface area contributed by atoms with Gasteiger partial charge in [0.1, 0.15) is 11.2 Å². The minimum atomic E-state index is -0.185. The van der Waals surface area contributed by atoms with Crippen LogP contribution in [-0.2, 0) is 0 Å². The van der Waals surface area contributed by atoms with Crippen LogP contribution < -0.4 is 10.2 Å². The fourth-order valence-electron chi connectivity index (χ4n) is 2.01. The molecule has 0 atom stereocenters. The second-order valence-corrected chi connectivity index (χ2v) is 5.01. The Morgan fingerprint density at radius 2 is 1.89 bits per heavy atom. The van der Waals surface area contributed by atoms with E-state index in [1.807, 2.05) is 0 Å². The van der Waals surface area contributed by atoms with Gasteiger partial charge in [-0.25, -0.2) is 0 Å². The van der Waals surface area contributed by atoms with Gasteiger partial charge in [-0.1, -0.05) is 15.9 Å². The van der Waals surface area contributed by atoms with Crippen LogP contribution in [0.1, 0.15) is 0 Å². The normalized spacial score (nSPS) is 11.1. The number of halogens is 1. The third-order valence-electron chi connectivity index (χ3n) is 2.93. The summed E-state index contributed by atoms with van der Waals surface area (Å²) in [5, 5.41) is 10.5. The number of ether oxygens (including phenoxy) is 1. The molecule has 0 fully saturated rings. The van der Waals surface area contributed by atoms with Gasteiger partial charge in [0.25, 0.3) is 0 Å². The highest BCUT2D eigenvalue weighted by Gasteiger charge is 2.12. The second-order valence-electron chi connectivity index (χ2n) is 4.09. The number of hydrogen-bond acceptors (Lipinski definition) is 4. The predicted molar refractivity (Wildman–Crippen MR) is 75.9 cm³/mol. The number of fused-ring (bicyclic) bond motifs is 2. The molecule has 0 saturated heterocycles. The standard InChI is InChI=1S/C14H9BrO4/c1-18-13-6-12-9(5-10(13)16)14(17)8-4-7(15)2-3-11(8)19-12/h2-6,16H,1H3. The van der Waals surface area contributed by atoms with Crippen molar-refractivity contribution in [2.75, 3.05) is 7.11 Å². The quantitative estimate of drug-likeness (QED) is 0.698. The number of methoxy groups -OCH3 is 1. The van der Waals surface area contributed by atoms with E-state index in [1.165, 1.54) is 19.2 Å². The summed E-state index contributed by atoms with van der Waals surface area (Å²) >= 11 is 3.32. The maximum atomic E-state index is 12.4. The Balaban J connectivity index is 2.50. The van der Waals surface area contributed by atoms with Gasteiger partial charge in [0.15, 0.2) is 11.5 Å². The molecule has 0 saturated carbocycles. The van der Waals surface area contributed by atoms with Crippen LogP contribution in [0, 0.1) is 0 Å². The maximum absolute atomic E-state index is 12.4. The van der Waals surface area contributed by atoms with Crippen molar-refractivity contribution in [3.05, 3.63) is 45.0 Å². The fraction of sp³-hybridized carbons (Fsp3) is 0.0714. The second kappa shape index (κ2) is 4.28. The minimum absolute atomic E-state index is 0.0864. The molecule has 1 heterocycles. The van der Waals surface area contributed by atoms with E-state index >= 15 is 0 Å². The van der Waals surface area contributed by atoms with Crippen molar-refractivity contribution in [3.8, 4) is 11.5 Å². The van der Waals surface area contributed by atoms with Gasteiger partial charge in [-0.05, 0) is 24.3 Å². The van der Waals surface area contributed by atoms with E-state index in [-0.39, 0.29) is 16.9 Å². The van der Waals surface area contributed by atoms with E-state index < -0.39 is 0 Å². The number of aromatic hydroxyl groups is 1. The van der Waals surface area contributed by atoms with Crippen molar-refractivity contribution in [1.29, 1.82) is 0 Å². The van der Waals surface area contributed by atoms with E-state index in [0.717, 1.165) is 4.47 Å². The SMILES string of the molecule is COc1cc2oc3ccc(Br)cc3c(=O)c2cc1O. The summed E-state index contributed by atoms with van der Waals surface area (Å²) < 4.78 is 11.5. The summed E-state index contributed by atoms with van der Waals surface area (Å²) in [4.78, 5) is 12.4. The first kappa shape index (κ1) is 12.0. The smallest absolute Gasteiger partial charge is 0.200 e. The molecule has 96 valence electrons. The lowest BCUT2D eigenvalue weighted by atomic mass is 10.1. The molecule has 0 amide bonds. The van der Waals surface area contributed by atoms with Crippen LogP contribution in [0.2, 0.25) is 0 Å². The molecule has 4 nitrogen and oxygen atoms in total. The van der Waals surface area contributed by atoms with Gasteiger partial charge in [-0.2, -0.15) is 0 Å². The lowest BCUT2D eigenvalue weighted by molar-refractivity contribution is 0.373. The Hall–Kier alpha value is -2.01. The van der Waals surface area contributed by atoms with Crippen LogP contribution in [0.5, 0.6) is 11.5 Å². The average Bonchev–Trinajstić information content (AvgIpc) is 2.40. The van der Waals surface area contributed by atoms with Crippen molar-refractivity contribution in [3.63, 3.8) is 0 Å². The summed E-state index contributed by atoms with van der Waals surface area (Å²) in [6.07, 6.45) is 0. The number of phenols is 1. The molecule has 5 heteroatoms. The zero-order valence-electron chi connectivity index (χ0n) is 9.94. The van der Waals surface area contributed by atoms with Crippen LogP contribution in [0.25, 0.3) is 21.9 Å². The molecule has 1 aromatic heterocycles. The molecule has 0 spiro atoms. The highest BCUT2D eigenvalue weighted by molar-refractivity contribution is 9.10. The molecule has 19 heavy (non-hydrogen) atoms. The number of hydrogen-bond donors (Lipinski definition) is 1. The first-order chi connectivity index (χ1) is 9.10. The summed E-state index contributed by atoms with van der Waals surface area (Å²) in [6, 6.07) is 8.09. The molecule has 0 aliphatic heterocycles. The Morgan fingerprint density at radius 1 is 1.16 bits per heavy atom. The minimum Gasteiger partial charge on any atom is -0.504 e. The van der Waals surface area contributed by atoms with Crippen molar-refractivity contribution in [2.45, 2.75) is 0 Å². The summed E-state index contributed by atoms with van der Waals surface area (Å²) in [6.45, 7) is 0. The molecule has 2 aromatic carbocycles. The van der Waals surface area contributed by atoms with Gasteiger partial charge >= 0.3 is 0 Å². The lowest BCUT2D eigenvalue weighted by Gasteiger charge is -2.06. The van der Waals surface area contributed by atoms with Gasteiger partial charge in [0.2, 0.25) is 5.43 Å². The molecular formula is C14H9BrO4. The molecule has 0 radical (unpaired) electrons. The highest BCUT2D eigenvalue weighted by atomic mass is 79.9. The van der Waals surface area contributed by atoms with Gasteiger partial charge in [0, 0.05) is 10.5 Å². The Labute approximate surface area is 116 Å². The monoisotopic (exact) mass is 320 g/mol. The largest absolute Gasteiger partial charge is 0.504 e. The van der Waals surface area contributed by atoms with Crippen LogP contribution >= 0.6 is 15.9 Å². The van der Waals surface area contributed by atoms with Crippen LogP contribution in [-0.4, -0.2) is 12.2 Å². The topological polar surface area (TPSA) is 59.7 Å². The van der Waals surface area contributed by atoms with E-state index in [4.69, 9.17) is 9.15 Å². The Morgan fingerprint density at radius 3 is 2.63 bits per heavy atom. The third-order valence-corrected chi connectivity index (χ3v) is 3.43. The van der Waals surface area contributed by atoms with Crippen LogP contribution in [0.15, 0.2) is 44.0 Å². The van der Waals surface area contributed by atoms with Crippen LogP contribution in [0.4, 0.5) is 0 Å². The third kappa shape index (κ3) is 1.86. The predicted octanol–water partition coefficient (Wildman–Crippen LogP) is 3.42. The first-order valence-electron chi connectivity index (χ1n) is 5.53. The Bertz CT molecular complexity index is 851. The molecule has 3 aromatic rings. The van der Waals surface area contributed by atoms with Crippen molar-refractivity contribution >= 4 is 37.9 Å². The highest BCUT2D eigenvalue weighted by Crippen LogP contribution is 2.31. The summed E-state index contributed by atoms with van der Waals surface area (Å²) in [5.74, 6) is 0.184. The zero-order chi connectivity index (χ0) is 13.6. The number of benzene rings is 2. The molecule has 3 rings (SSSR count). The van der Waals surface area contributed by atoms with Gasteiger partial charge < -0.3 is 14.3 Å². The molecule has 1 N–H and O–H groups in total. The van der Waals surface area contributed by atoms with Gasteiger partial charge in [-0.3, -0.25) is 4.79 Å². The molecule has 0 unspecified atom stereocenters. The van der Waals surface area contributed by atoms with Gasteiger partial charge in [0.05, 0.1) is 17.9 Å². The van der Waals surface area contributed by atoms with Crippen molar-refractivity contribution < 1.29 is 14.3 Å². The fourth-order valence-corrected chi connectivity index (χ4v) is 2.37. The number of rotatable bonds is 1. The molecular weight excluding hydrogens is 312 g/mol. The van der Waals surface area contributed by atoms with E-state index in [2.05, 4.69) is 15.9 Å². The lowest BCUT2D eigenvalue weighted by Crippen LogP contribution is -2.02. The zero-order valence-corrected chi connectivity index (χ0v) is 11.5. The average molecular weight is 321 g/mol. The van der Waals surface area contributed by atoms with Gasteiger partial charge in [-0.15, -0.1) is 0 Å². The molecule has 0 aliphatic rings. The molecule has 0 bridgehead atoms. The first-order valence-corrected chi connectivity index (χ1v) is 6.32. The van der Waals surface area contributed by atoms with Crippen molar-refractivity contribution in [2.24, 2.45) is 0 Å². The molecule has 0 aliphatic carbocycles. The Kier molecular flexibility index (Phi) is 2.71. The van der Waals surface area contributed by atoms with E-state index in [0.29, 0.717) is 21.9 Å². The van der Waals surface area contributed by atoms with Crippen molar-refractivity contribution in [1.82, 2.24) is 0 Å².